The number of hydrogen-bond donors (Lipinski definition) is 1. The predicted molar refractivity (Wildman–Crippen MR) is 60.4 cm³/mol. The third kappa shape index (κ3) is 1.38. The van der Waals surface area contributed by atoms with Gasteiger partial charge < -0.3 is 5.11 Å². The molecule has 0 fully saturated rings. The molecule has 2 aromatic rings. The maximum Gasteiger partial charge on any atom is 0.419 e. The first-order valence-electron chi connectivity index (χ1n) is 5.45. The highest BCUT2D eigenvalue weighted by molar-refractivity contribution is 5.86. The lowest BCUT2D eigenvalue weighted by molar-refractivity contribution is -0.671. The Morgan fingerprint density at radius 1 is 1.38 bits per heavy atom. The minimum atomic E-state index is -0.875. The van der Waals surface area contributed by atoms with Crippen LogP contribution in [-0.4, -0.2) is 15.6 Å². The van der Waals surface area contributed by atoms with Crippen molar-refractivity contribution in [3.8, 4) is 0 Å². The Bertz CT molecular complexity index is 502. The minimum Gasteiger partial charge on any atom is -0.472 e. The molecular formula is C12H15N2O2+. The molecule has 0 saturated carbocycles. The number of nitrogens with zero attached hydrogens (tertiary/aromatic N) is 2. The van der Waals surface area contributed by atoms with E-state index in [1.165, 1.54) is 0 Å². The van der Waals surface area contributed by atoms with Crippen LogP contribution in [0, 0.1) is 0 Å². The van der Waals surface area contributed by atoms with E-state index in [-0.39, 0.29) is 0 Å². The fourth-order valence-corrected chi connectivity index (χ4v) is 2.17. The quantitative estimate of drug-likeness (QED) is 0.798. The number of carboxylic acids is 1. The fraction of sp³-hybridized carbons (Fsp3) is 0.333. The summed E-state index contributed by atoms with van der Waals surface area (Å²) in [6.45, 7) is 5.24. The second-order valence-corrected chi connectivity index (χ2v) is 3.61. The van der Waals surface area contributed by atoms with Crippen molar-refractivity contribution < 1.29 is 14.5 Å². The number of para-hydroxylation sites is 2. The Morgan fingerprint density at radius 3 is 2.62 bits per heavy atom. The number of hydrogen-bond acceptors (Lipinski definition) is 1. The number of aryl methyl sites for hydroxylation is 2. The Balaban J connectivity index is 2.89. The number of rotatable bonds is 3. The van der Waals surface area contributed by atoms with E-state index in [1.54, 1.807) is 0 Å². The van der Waals surface area contributed by atoms with Crippen LogP contribution in [0.15, 0.2) is 24.3 Å². The summed E-state index contributed by atoms with van der Waals surface area (Å²) in [6.07, 6.45) is 0. The van der Waals surface area contributed by atoms with E-state index in [2.05, 4.69) is 0 Å². The lowest BCUT2D eigenvalue weighted by Crippen LogP contribution is -2.39. The molecule has 0 radical (unpaired) electrons. The topological polar surface area (TPSA) is 46.1 Å². The molecular weight excluding hydrogens is 204 g/mol. The summed E-state index contributed by atoms with van der Waals surface area (Å²) >= 11 is 0. The van der Waals surface area contributed by atoms with Crippen molar-refractivity contribution in [3.05, 3.63) is 30.1 Å². The molecule has 16 heavy (non-hydrogen) atoms. The zero-order valence-electron chi connectivity index (χ0n) is 9.47. The molecule has 0 spiro atoms. The van der Waals surface area contributed by atoms with E-state index < -0.39 is 5.97 Å². The van der Waals surface area contributed by atoms with Crippen LogP contribution in [-0.2, 0) is 13.1 Å². The van der Waals surface area contributed by atoms with Gasteiger partial charge in [0.05, 0.1) is 13.1 Å². The van der Waals surface area contributed by atoms with Crippen LogP contribution in [0.4, 0.5) is 0 Å². The lowest BCUT2D eigenvalue weighted by atomic mass is 10.3. The number of imidazole rings is 1. The van der Waals surface area contributed by atoms with E-state index in [0.717, 1.165) is 11.0 Å². The van der Waals surface area contributed by atoms with E-state index in [1.807, 2.05) is 47.2 Å². The van der Waals surface area contributed by atoms with Crippen LogP contribution >= 0.6 is 0 Å². The molecule has 0 aliphatic carbocycles. The van der Waals surface area contributed by atoms with Gasteiger partial charge in [0.1, 0.15) is 0 Å². The molecule has 1 aromatic carbocycles. The maximum absolute atomic E-state index is 11.3. The molecule has 0 amide bonds. The van der Waals surface area contributed by atoms with Crippen molar-refractivity contribution >= 4 is 17.0 Å². The number of aromatic carboxylic acids is 1. The number of carbonyl (C=O) groups is 1. The van der Waals surface area contributed by atoms with Gasteiger partial charge in [-0.05, 0) is 26.0 Å². The Kier molecular flexibility index (Phi) is 2.64. The molecule has 2 rings (SSSR count). The first-order valence-corrected chi connectivity index (χ1v) is 5.45. The largest absolute Gasteiger partial charge is 0.472 e. The summed E-state index contributed by atoms with van der Waals surface area (Å²) in [5.41, 5.74) is 1.95. The van der Waals surface area contributed by atoms with Crippen LogP contribution in [0.3, 0.4) is 0 Å². The van der Waals surface area contributed by atoms with Gasteiger partial charge in [0.25, 0.3) is 0 Å². The highest BCUT2D eigenvalue weighted by Crippen LogP contribution is 2.14. The van der Waals surface area contributed by atoms with Gasteiger partial charge in [-0.3, -0.25) is 0 Å². The third-order valence-corrected chi connectivity index (χ3v) is 2.80. The molecule has 0 atom stereocenters. The molecule has 4 heteroatoms. The maximum atomic E-state index is 11.3. The predicted octanol–water partition coefficient (Wildman–Crippen LogP) is 1.67. The number of fused-ring (bicyclic) bond motifs is 1. The van der Waals surface area contributed by atoms with Gasteiger partial charge in [0.2, 0.25) is 0 Å². The Hall–Kier alpha value is -1.84. The van der Waals surface area contributed by atoms with Gasteiger partial charge >= 0.3 is 11.8 Å². The zero-order chi connectivity index (χ0) is 11.7. The van der Waals surface area contributed by atoms with Crippen molar-refractivity contribution in [1.82, 2.24) is 4.57 Å². The van der Waals surface area contributed by atoms with Crippen LogP contribution in [0.25, 0.3) is 11.0 Å². The minimum absolute atomic E-state index is 0.353. The van der Waals surface area contributed by atoms with Gasteiger partial charge in [-0.15, -0.1) is 0 Å². The van der Waals surface area contributed by atoms with Crippen LogP contribution in [0.5, 0.6) is 0 Å². The third-order valence-electron chi connectivity index (χ3n) is 2.80. The van der Waals surface area contributed by atoms with E-state index in [4.69, 9.17) is 0 Å². The van der Waals surface area contributed by atoms with E-state index in [9.17, 15) is 9.90 Å². The second kappa shape index (κ2) is 3.96. The smallest absolute Gasteiger partial charge is 0.419 e. The van der Waals surface area contributed by atoms with Crippen molar-refractivity contribution in [3.63, 3.8) is 0 Å². The highest BCUT2D eigenvalue weighted by atomic mass is 16.4. The average molecular weight is 219 g/mol. The Morgan fingerprint density at radius 2 is 2.06 bits per heavy atom. The average Bonchev–Trinajstić information content (AvgIpc) is 2.62. The van der Waals surface area contributed by atoms with Gasteiger partial charge in [0, 0.05) is 0 Å². The summed E-state index contributed by atoms with van der Waals surface area (Å²) in [6, 6.07) is 7.77. The fourth-order valence-electron chi connectivity index (χ4n) is 2.17. The number of carboxylic acid groups (broad SMARTS) is 1. The van der Waals surface area contributed by atoms with Gasteiger partial charge in [-0.2, -0.15) is 0 Å². The zero-order valence-corrected chi connectivity index (χ0v) is 9.47. The monoisotopic (exact) mass is 219 g/mol. The van der Waals surface area contributed by atoms with Gasteiger partial charge in [-0.25, -0.2) is 13.9 Å². The summed E-state index contributed by atoms with van der Waals surface area (Å²) < 4.78 is 3.67. The van der Waals surface area contributed by atoms with E-state index >= 15 is 0 Å². The molecule has 1 aromatic heterocycles. The summed E-state index contributed by atoms with van der Waals surface area (Å²) in [4.78, 5) is 11.3. The summed E-state index contributed by atoms with van der Waals surface area (Å²) in [7, 11) is 0. The van der Waals surface area contributed by atoms with Crippen LogP contribution in [0.1, 0.15) is 24.5 Å². The first kappa shape index (κ1) is 10.7. The van der Waals surface area contributed by atoms with Gasteiger partial charge in [-0.1, -0.05) is 12.1 Å². The van der Waals surface area contributed by atoms with Gasteiger partial charge in [0.15, 0.2) is 11.0 Å². The SMILES string of the molecule is CCn1c(C(=O)O)[n+](CC)c2ccccc21. The second-order valence-electron chi connectivity index (χ2n) is 3.61. The molecule has 0 saturated heterocycles. The van der Waals surface area contributed by atoms with Crippen molar-refractivity contribution in [2.24, 2.45) is 0 Å². The molecule has 0 unspecified atom stereocenters. The lowest BCUT2D eigenvalue weighted by Gasteiger charge is -1.96. The molecule has 0 aliphatic heterocycles. The van der Waals surface area contributed by atoms with Crippen LogP contribution in [0.2, 0.25) is 0 Å². The summed E-state index contributed by atoms with van der Waals surface area (Å²) in [5, 5.41) is 9.27. The van der Waals surface area contributed by atoms with Crippen molar-refractivity contribution in [2.45, 2.75) is 26.9 Å². The number of aromatic nitrogens is 2. The van der Waals surface area contributed by atoms with Crippen molar-refractivity contribution in [2.75, 3.05) is 0 Å². The van der Waals surface area contributed by atoms with Crippen molar-refractivity contribution in [1.29, 1.82) is 0 Å². The molecule has 4 nitrogen and oxygen atoms in total. The first-order chi connectivity index (χ1) is 7.70. The Labute approximate surface area is 93.7 Å². The molecule has 84 valence electrons. The summed E-state index contributed by atoms with van der Waals surface area (Å²) in [5.74, 6) is -0.522. The normalized spacial score (nSPS) is 10.9. The highest BCUT2D eigenvalue weighted by Gasteiger charge is 2.28. The molecule has 0 bridgehead atoms. The molecule has 1 N–H and O–H groups in total. The van der Waals surface area contributed by atoms with E-state index in [0.29, 0.717) is 18.9 Å². The van der Waals surface area contributed by atoms with Crippen LogP contribution < -0.4 is 4.57 Å². The number of benzene rings is 1. The molecule has 1 heterocycles. The molecule has 0 aliphatic rings. The standard InChI is InChI=1S/C12H14N2O2/c1-3-13-9-7-5-6-8-10(9)14(4-2)11(13)12(15)16/h5-8H,3-4H2,1-2H3/p+1.